The number of rotatable bonds is 2. The van der Waals surface area contributed by atoms with Crippen molar-refractivity contribution in [1.82, 2.24) is 0 Å². The predicted octanol–water partition coefficient (Wildman–Crippen LogP) is 2.27. The smallest absolute Gasteiger partial charge is 0.293 e. The molecule has 0 radical (unpaired) electrons. The van der Waals surface area contributed by atoms with Gasteiger partial charge in [-0.15, -0.1) is 0 Å². The van der Waals surface area contributed by atoms with Gasteiger partial charge in [0.05, 0.1) is 0 Å². The lowest BCUT2D eigenvalue weighted by Gasteiger charge is -2.17. The van der Waals surface area contributed by atoms with Crippen LogP contribution < -0.4 is 0 Å². The fraction of sp³-hybridized carbons (Fsp3) is 0.889. The van der Waals surface area contributed by atoms with Gasteiger partial charge in [-0.2, -0.15) is 0 Å². The van der Waals surface area contributed by atoms with E-state index in [2.05, 4.69) is 0 Å². The molecule has 64 valence electrons. The first-order chi connectivity index (χ1) is 5.43. The Labute approximate surface area is 67.9 Å². The molecule has 0 aliphatic heterocycles. The highest BCUT2D eigenvalue weighted by Crippen LogP contribution is 2.18. The summed E-state index contributed by atoms with van der Waals surface area (Å²) >= 11 is 0. The van der Waals surface area contributed by atoms with E-state index >= 15 is 0 Å². The zero-order chi connectivity index (χ0) is 7.94. The molecule has 0 aromatic heterocycles. The maximum Gasteiger partial charge on any atom is 0.293 e. The molecule has 0 bridgehead atoms. The first kappa shape index (κ1) is 8.57. The molecule has 0 amide bonds. The van der Waals surface area contributed by atoms with Crippen molar-refractivity contribution in [1.29, 1.82) is 0 Å². The lowest BCUT2D eigenvalue weighted by Crippen LogP contribution is -2.13. The summed E-state index contributed by atoms with van der Waals surface area (Å²) in [5.74, 6) is 0. The maximum atomic E-state index is 10.0. The summed E-state index contributed by atoms with van der Waals surface area (Å²) < 4.78 is 4.94. The van der Waals surface area contributed by atoms with Crippen LogP contribution in [-0.2, 0) is 9.53 Å². The lowest BCUT2D eigenvalue weighted by molar-refractivity contribution is -0.134. The van der Waals surface area contributed by atoms with Crippen molar-refractivity contribution < 1.29 is 9.53 Å². The molecule has 2 nitrogen and oxygen atoms in total. The van der Waals surface area contributed by atoms with Crippen molar-refractivity contribution >= 4 is 6.47 Å². The average Bonchev–Trinajstić information content (AvgIpc) is 1.94. The minimum atomic E-state index is 0.216. The largest absolute Gasteiger partial charge is 0.465 e. The van der Waals surface area contributed by atoms with Gasteiger partial charge in [-0.05, 0) is 25.7 Å². The van der Waals surface area contributed by atoms with Crippen molar-refractivity contribution in [3.63, 3.8) is 0 Å². The van der Waals surface area contributed by atoms with Gasteiger partial charge in [0.25, 0.3) is 6.47 Å². The summed E-state index contributed by atoms with van der Waals surface area (Å²) in [7, 11) is 0. The topological polar surface area (TPSA) is 26.3 Å². The van der Waals surface area contributed by atoms with Gasteiger partial charge in [-0.25, -0.2) is 0 Å². The van der Waals surface area contributed by atoms with Crippen molar-refractivity contribution in [2.24, 2.45) is 0 Å². The Morgan fingerprint density at radius 3 is 2.09 bits per heavy atom. The molecule has 0 spiro atoms. The van der Waals surface area contributed by atoms with Crippen molar-refractivity contribution in [3.05, 3.63) is 0 Å². The molecule has 0 N–H and O–H groups in total. The van der Waals surface area contributed by atoms with Crippen LogP contribution in [0, 0.1) is 0 Å². The molecule has 11 heavy (non-hydrogen) atoms. The molecule has 1 aliphatic carbocycles. The molecule has 2 heteroatoms. The molecule has 0 aromatic rings. The van der Waals surface area contributed by atoms with Crippen LogP contribution in [0.1, 0.15) is 44.9 Å². The summed E-state index contributed by atoms with van der Waals surface area (Å²) in [6.45, 7) is 0.590. The first-order valence-corrected chi connectivity index (χ1v) is 4.52. The van der Waals surface area contributed by atoms with Crippen LogP contribution in [0.15, 0.2) is 0 Å². The Kier molecular flexibility index (Phi) is 4.02. The van der Waals surface area contributed by atoms with Crippen LogP contribution in [0.5, 0.6) is 0 Å². The van der Waals surface area contributed by atoms with E-state index in [1.165, 1.54) is 32.1 Å². The molecule has 1 fully saturated rings. The molecule has 0 atom stereocenters. The minimum absolute atomic E-state index is 0.216. The second kappa shape index (κ2) is 5.16. The Morgan fingerprint density at radius 1 is 1.00 bits per heavy atom. The van der Waals surface area contributed by atoms with E-state index in [0.29, 0.717) is 6.47 Å². The molecular formula is C9H16O2. The highest BCUT2D eigenvalue weighted by atomic mass is 16.5. The number of carbonyl (C=O) groups is 1. The standard InChI is InChI=1S/C9H16O2/c10-8-11-9-6-4-2-1-3-5-7-9/h8-9H,1-7H2. The molecule has 1 aliphatic rings. The molecule has 0 heterocycles. The van der Waals surface area contributed by atoms with Gasteiger partial charge in [0.2, 0.25) is 0 Å². The van der Waals surface area contributed by atoms with Gasteiger partial charge in [0, 0.05) is 0 Å². The molecule has 1 saturated carbocycles. The lowest BCUT2D eigenvalue weighted by atomic mass is 9.99. The maximum absolute atomic E-state index is 10.0. The number of ether oxygens (including phenoxy) is 1. The van der Waals surface area contributed by atoms with Gasteiger partial charge < -0.3 is 4.74 Å². The normalized spacial score (nSPS) is 21.8. The average molecular weight is 156 g/mol. The van der Waals surface area contributed by atoms with Crippen LogP contribution in [0.25, 0.3) is 0 Å². The second-order valence-corrected chi connectivity index (χ2v) is 3.20. The molecule has 0 aromatic carbocycles. The van der Waals surface area contributed by atoms with Gasteiger partial charge >= 0.3 is 0 Å². The number of carbonyl (C=O) groups excluding carboxylic acids is 1. The van der Waals surface area contributed by atoms with Gasteiger partial charge in [-0.3, -0.25) is 4.79 Å². The third-order valence-corrected chi connectivity index (χ3v) is 2.30. The van der Waals surface area contributed by atoms with E-state index < -0.39 is 0 Å². The summed E-state index contributed by atoms with van der Waals surface area (Å²) in [5.41, 5.74) is 0. The van der Waals surface area contributed by atoms with Gasteiger partial charge in [0.1, 0.15) is 6.10 Å². The predicted molar refractivity (Wildman–Crippen MR) is 43.3 cm³/mol. The van der Waals surface area contributed by atoms with Crippen molar-refractivity contribution in [2.45, 2.75) is 51.0 Å². The van der Waals surface area contributed by atoms with E-state index in [4.69, 9.17) is 4.74 Å². The highest BCUT2D eigenvalue weighted by Gasteiger charge is 2.10. The Morgan fingerprint density at radius 2 is 1.55 bits per heavy atom. The van der Waals surface area contributed by atoms with Crippen molar-refractivity contribution in [3.8, 4) is 0 Å². The monoisotopic (exact) mass is 156 g/mol. The first-order valence-electron chi connectivity index (χ1n) is 4.52. The van der Waals surface area contributed by atoms with Gasteiger partial charge in [0.15, 0.2) is 0 Å². The van der Waals surface area contributed by atoms with Crippen LogP contribution >= 0.6 is 0 Å². The molecule has 1 rings (SSSR count). The van der Waals surface area contributed by atoms with Crippen LogP contribution in [-0.4, -0.2) is 12.6 Å². The zero-order valence-corrected chi connectivity index (χ0v) is 6.92. The Hall–Kier alpha value is -0.530. The molecule has 0 unspecified atom stereocenters. The highest BCUT2D eigenvalue weighted by molar-refractivity contribution is 5.37. The van der Waals surface area contributed by atoms with E-state index in [1.807, 2.05) is 0 Å². The molecule has 0 saturated heterocycles. The summed E-state index contributed by atoms with van der Waals surface area (Å²) in [4.78, 5) is 10.0. The third kappa shape index (κ3) is 3.40. The number of hydrogen-bond donors (Lipinski definition) is 0. The fourth-order valence-electron chi connectivity index (χ4n) is 1.63. The van der Waals surface area contributed by atoms with Crippen LogP contribution in [0.3, 0.4) is 0 Å². The minimum Gasteiger partial charge on any atom is -0.465 e. The van der Waals surface area contributed by atoms with E-state index in [1.54, 1.807) is 0 Å². The Balaban J connectivity index is 2.20. The molecular weight excluding hydrogens is 140 g/mol. The quantitative estimate of drug-likeness (QED) is 0.573. The Bertz CT molecular complexity index is 104. The van der Waals surface area contributed by atoms with Crippen LogP contribution in [0.4, 0.5) is 0 Å². The zero-order valence-electron chi connectivity index (χ0n) is 6.92. The van der Waals surface area contributed by atoms with E-state index in [0.717, 1.165) is 12.8 Å². The summed E-state index contributed by atoms with van der Waals surface area (Å²) in [6.07, 6.45) is 8.76. The third-order valence-electron chi connectivity index (χ3n) is 2.30. The summed E-state index contributed by atoms with van der Waals surface area (Å²) in [5, 5.41) is 0. The van der Waals surface area contributed by atoms with Crippen LogP contribution in [0.2, 0.25) is 0 Å². The summed E-state index contributed by atoms with van der Waals surface area (Å²) in [6, 6.07) is 0. The fourth-order valence-corrected chi connectivity index (χ4v) is 1.63. The SMILES string of the molecule is O=COC1CCCCCCC1. The van der Waals surface area contributed by atoms with Crippen molar-refractivity contribution in [2.75, 3.05) is 0 Å². The van der Waals surface area contributed by atoms with E-state index in [9.17, 15) is 4.79 Å². The van der Waals surface area contributed by atoms with E-state index in [-0.39, 0.29) is 6.10 Å². The number of hydrogen-bond acceptors (Lipinski definition) is 2. The van der Waals surface area contributed by atoms with Gasteiger partial charge in [-0.1, -0.05) is 19.3 Å². The second-order valence-electron chi connectivity index (χ2n) is 3.20.